The quantitative estimate of drug-likeness (QED) is 0.885. The smallest absolute Gasteiger partial charge is 0.128 e. The number of hydrogen-bond acceptors (Lipinski definition) is 3. The zero-order valence-electron chi connectivity index (χ0n) is 11.9. The topological polar surface area (TPSA) is 50.9 Å². The van der Waals surface area contributed by atoms with Gasteiger partial charge < -0.3 is 11.1 Å². The van der Waals surface area contributed by atoms with Gasteiger partial charge >= 0.3 is 0 Å². The summed E-state index contributed by atoms with van der Waals surface area (Å²) in [5.41, 5.74) is 9.53. The summed E-state index contributed by atoms with van der Waals surface area (Å²) in [5.74, 6) is 0.602. The van der Waals surface area contributed by atoms with Crippen LogP contribution in [0.5, 0.6) is 0 Å². The molecule has 106 valence electrons. The summed E-state index contributed by atoms with van der Waals surface area (Å²) >= 11 is 5.93. The van der Waals surface area contributed by atoms with Gasteiger partial charge in [-0.25, -0.2) is 4.98 Å². The Kier molecular flexibility index (Phi) is 4.99. The molecule has 4 heteroatoms. The van der Waals surface area contributed by atoms with Crippen molar-refractivity contribution in [3.05, 3.63) is 58.2 Å². The molecule has 2 rings (SSSR count). The van der Waals surface area contributed by atoms with E-state index >= 15 is 0 Å². The number of nitrogens with zero attached hydrogens (tertiary/aromatic N) is 1. The Balaban J connectivity index is 2.29. The first-order valence-electron chi connectivity index (χ1n) is 6.80. The van der Waals surface area contributed by atoms with Gasteiger partial charge in [-0.05, 0) is 49.2 Å². The fraction of sp³-hybridized carbons (Fsp3) is 0.312. The number of aromatic nitrogens is 1. The lowest BCUT2D eigenvalue weighted by Crippen LogP contribution is -2.25. The Morgan fingerprint density at radius 1 is 1.25 bits per heavy atom. The van der Waals surface area contributed by atoms with E-state index in [9.17, 15) is 0 Å². The summed E-state index contributed by atoms with van der Waals surface area (Å²) < 4.78 is 0. The van der Waals surface area contributed by atoms with Crippen LogP contribution in [-0.2, 0) is 6.42 Å². The molecule has 0 fully saturated rings. The van der Waals surface area contributed by atoms with Crippen molar-refractivity contribution in [2.24, 2.45) is 0 Å². The van der Waals surface area contributed by atoms with Crippen LogP contribution >= 0.6 is 11.6 Å². The number of anilines is 1. The highest BCUT2D eigenvalue weighted by molar-refractivity contribution is 6.30. The Hall–Kier alpha value is -1.58. The van der Waals surface area contributed by atoms with E-state index in [0.29, 0.717) is 5.82 Å². The molecule has 0 saturated carbocycles. The highest BCUT2D eigenvalue weighted by Crippen LogP contribution is 2.26. The van der Waals surface area contributed by atoms with Crippen molar-refractivity contribution >= 4 is 17.4 Å². The Bertz CT molecular complexity index is 546. The van der Waals surface area contributed by atoms with E-state index in [4.69, 9.17) is 17.3 Å². The molecule has 1 aromatic heterocycles. The van der Waals surface area contributed by atoms with Crippen molar-refractivity contribution in [1.82, 2.24) is 10.3 Å². The second-order valence-corrected chi connectivity index (χ2v) is 5.30. The van der Waals surface area contributed by atoms with Gasteiger partial charge in [0.1, 0.15) is 5.82 Å². The molecule has 0 spiro atoms. The predicted octanol–water partition coefficient (Wildman–Crippen LogP) is 3.52. The van der Waals surface area contributed by atoms with Gasteiger partial charge in [-0.15, -0.1) is 0 Å². The third-order valence-corrected chi connectivity index (χ3v) is 3.64. The maximum Gasteiger partial charge on any atom is 0.128 e. The van der Waals surface area contributed by atoms with Crippen LogP contribution in [-0.4, -0.2) is 11.5 Å². The summed E-state index contributed by atoms with van der Waals surface area (Å²) in [6.07, 6.45) is 2.61. The zero-order valence-corrected chi connectivity index (χ0v) is 12.6. The largest absolute Gasteiger partial charge is 0.383 e. The molecule has 0 aliphatic heterocycles. The lowest BCUT2D eigenvalue weighted by molar-refractivity contribution is 0.547. The Morgan fingerprint density at radius 2 is 1.95 bits per heavy atom. The molecule has 1 atom stereocenters. The standard InChI is InChI=1S/C16H20ClN3/c1-3-19-14(10-12-4-6-13(17)7-5-12)15-11(2)8-9-20-16(15)18/h4-9,14,19H,3,10H2,1-2H3,(H2,18,20). The molecule has 1 heterocycles. The summed E-state index contributed by atoms with van der Waals surface area (Å²) in [4.78, 5) is 4.22. The molecule has 0 bridgehead atoms. The molecule has 0 saturated heterocycles. The molecular formula is C16H20ClN3. The van der Waals surface area contributed by atoms with Crippen LogP contribution in [0.15, 0.2) is 36.5 Å². The fourth-order valence-corrected chi connectivity index (χ4v) is 2.55. The molecule has 0 aliphatic carbocycles. The molecule has 2 aromatic rings. The predicted molar refractivity (Wildman–Crippen MR) is 85.0 cm³/mol. The summed E-state index contributed by atoms with van der Waals surface area (Å²) in [7, 11) is 0. The fourth-order valence-electron chi connectivity index (χ4n) is 2.42. The number of hydrogen-bond donors (Lipinski definition) is 2. The van der Waals surface area contributed by atoms with Gasteiger partial charge in [0.2, 0.25) is 0 Å². The first-order chi connectivity index (χ1) is 9.61. The Labute approximate surface area is 125 Å². The van der Waals surface area contributed by atoms with E-state index in [2.05, 4.69) is 36.3 Å². The number of halogens is 1. The van der Waals surface area contributed by atoms with Crippen LogP contribution < -0.4 is 11.1 Å². The number of pyridine rings is 1. The monoisotopic (exact) mass is 289 g/mol. The molecule has 0 amide bonds. The maximum atomic E-state index is 6.06. The molecule has 1 aromatic carbocycles. The van der Waals surface area contributed by atoms with Gasteiger partial charge in [0.15, 0.2) is 0 Å². The van der Waals surface area contributed by atoms with Gasteiger partial charge in [-0.3, -0.25) is 0 Å². The third-order valence-electron chi connectivity index (χ3n) is 3.39. The van der Waals surface area contributed by atoms with Crippen LogP contribution in [0.2, 0.25) is 5.02 Å². The molecule has 3 nitrogen and oxygen atoms in total. The maximum absolute atomic E-state index is 6.06. The molecule has 0 aliphatic rings. The SMILES string of the molecule is CCNC(Cc1ccc(Cl)cc1)c1c(C)ccnc1N. The number of nitrogens with two attached hydrogens (primary N) is 1. The average Bonchev–Trinajstić information content (AvgIpc) is 2.41. The first-order valence-corrected chi connectivity index (χ1v) is 7.18. The van der Waals surface area contributed by atoms with Gasteiger partial charge in [-0.1, -0.05) is 30.7 Å². The van der Waals surface area contributed by atoms with Gasteiger partial charge in [-0.2, -0.15) is 0 Å². The van der Waals surface area contributed by atoms with E-state index in [-0.39, 0.29) is 6.04 Å². The van der Waals surface area contributed by atoms with E-state index in [0.717, 1.165) is 29.1 Å². The number of likely N-dealkylation sites (N-methyl/N-ethyl adjacent to an activating group) is 1. The average molecular weight is 290 g/mol. The highest BCUT2D eigenvalue weighted by atomic mass is 35.5. The summed E-state index contributed by atoms with van der Waals surface area (Å²) in [6.45, 7) is 5.04. The second kappa shape index (κ2) is 6.73. The first kappa shape index (κ1) is 14.8. The van der Waals surface area contributed by atoms with Crippen LogP contribution in [0.4, 0.5) is 5.82 Å². The van der Waals surface area contributed by atoms with Gasteiger partial charge in [0.25, 0.3) is 0 Å². The van der Waals surface area contributed by atoms with Crippen molar-refractivity contribution in [2.45, 2.75) is 26.3 Å². The van der Waals surface area contributed by atoms with Crippen molar-refractivity contribution in [3.8, 4) is 0 Å². The van der Waals surface area contributed by atoms with E-state index in [1.54, 1.807) is 6.20 Å². The van der Waals surface area contributed by atoms with E-state index in [1.165, 1.54) is 5.56 Å². The van der Waals surface area contributed by atoms with Crippen molar-refractivity contribution in [2.75, 3.05) is 12.3 Å². The summed E-state index contributed by atoms with van der Waals surface area (Å²) in [5, 5.41) is 4.25. The summed E-state index contributed by atoms with van der Waals surface area (Å²) in [6, 6.07) is 10.1. The normalized spacial score (nSPS) is 12.3. The number of benzene rings is 1. The molecular weight excluding hydrogens is 270 g/mol. The van der Waals surface area contributed by atoms with E-state index < -0.39 is 0 Å². The van der Waals surface area contributed by atoms with Crippen LogP contribution in [0.1, 0.15) is 29.7 Å². The van der Waals surface area contributed by atoms with Crippen LogP contribution in [0, 0.1) is 6.92 Å². The van der Waals surface area contributed by atoms with E-state index in [1.807, 2.05) is 18.2 Å². The molecule has 1 unspecified atom stereocenters. The number of aryl methyl sites for hydroxylation is 1. The van der Waals surface area contributed by atoms with Crippen LogP contribution in [0.3, 0.4) is 0 Å². The molecule has 3 N–H and O–H groups in total. The number of nitrogens with one attached hydrogen (secondary N) is 1. The minimum Gasteiger partial charge on any atom is -0.383 e. The Morgan fingerprint density at radius 3 is 2.55 bits per heavy atom. The lowest BCUT2D eigenvalue weighted by atomic mass is 9.96. The van der Waals surface area contributed by atoms with Crippen molar-refractivity contribution in [3.63, 3.8) is 0 Å². The highest BCUT2D eigenvalue weighted by Gasteiger charge is 2.17. The van der Waals surface area contributed by atoms with Gasteiger partial charge in [0.05, 0.1) is 0 Å². The third kappa shape index (κ3) is 3.50. The second-order valence-electron chi connectivity index (χ2n) is 4.87. The van der Waals surface area contributed by atoms with Crippen molar-refractivity contribution in [1.29, 1.82) is 0 Å². The number of rotatable bonds is 5. The zero-order chi connectivity index (χ0) is 14.5. The number of nitrogen functional groups attached to an aromatic ring is 1. The minimum atomic E-state index is 0.162. The molecule has 20 heavy (non-hydrogen) atoms. The van der Waals surface area contributed by atoms with Crippen LogP contribution in [0.25, 0.3) is 0 Å². The molecule has 0 radical (unpaired) electrons. The van der Waals surface area contributed by atoms with Gasteiger partial charge in [0, 0.05) is 22.8 Å². The minimum absolute atomic E-state index is 0.162. The lowest BCUT2D eigenvalue weighted by Gasteiger charge is -2.21. The van der Waals surface area contributed by atoms with Crippen molar-refractivity contribution < 1.29 is 0 Å².